The Hall–Kier alpha value is -1.66. The van der Waals surface area contributed by atoms with E-state index in [2.05, 4.69) is 29.5 Å². The summed E-state index contributed by atoms with van der Waals surface area (Å²) in [5.74, 6) is 0.153. The van der Waals surface area contributed by atoms with Gasteiger partial charge in [-0.05, 0) is 37.5 Å². The summed E-state index contributed by atoms with van der Waals surface area (Å²) in [6, 6.07) is 6.34. The highest BCUT2D eigenvalue weighted by Gasteiger charge is 2.18. The van der Waals surface area contributed by atoms with Gasteiger partial charge >= 0.3 is 0 Å². The number of amides is 1. The first-order valence-electron chi connectivity index (χ1n) is 8.80. The molecular formula is C18H26N4OS. The molecule has 0 spiro atoms. The molecule has 2 heterocycles. The van der Waals surface area contributed by atoms with Crippen molar-refractivity contribution in [3.8, 4) is 0 Å². The second-order valence-electron chi connectivity index (χ2n) is 6.59. The van der Waals surface area contributed by atoms with Crippen molar-refractivity contribution in [2.45, 2.75) is 39.2 Å². The largest absolute Gasteiger partial charge is 0.360 e. The lowest BCUT2D eigenvalue weighted by atomic mass is 10.1. The van der Waals surface area contributed by atoms with Gasteiger partial charge in [0, 0.05) is 37.8 Å². The number of thiazole rings is 1. The van der Waals surface area contributed by atoms with E-state index in [1.165, 1.54) is 6.42 Å². The van der Waals surface area contributed by atoms with E-state index in [0.717, 1.165) is 59.9 Å². The van der Waals surface area contributed by atoms with Crippen molar-refractivity contribution in [1.29, 1.82) is 0 Å². The normalized spacial score (nSPS) is 15.2. The number of hydrogen-bond donors (Lipinski definition) is 2. The van der Waals surface area contributed by atoms with Crippen LogP contribution in [0.25, 0.3) is 10.2 Å². The highest BCUT2D eigenvalue weighted by Crippen LogP contribution is 2.27. The molecule has 0 aliphatic carbocycles. The number of nitrogens with one attached hydrogen (secondary N) is 2. The molecule has 1 aliphatic heterocycles. The number of benzene rings is 1. The Labute approximate surface area is 147 Å². The summed E-state index contributed by atoms with van der Waals surface area (Å²) in [6.45, 7) is 7.80. The standard InChI is InChI=1S/C18H26N4OS/c1-13(2)19-8-9-20-18-21-15-7-6-14(12-16(15)24-18)17(23)22-10-4-3-5-11-22/h6-7,12-13,19H,3-5,8-11H2,1-2H3,(H,20,21). The van der Waals surface area contributed by atoms with Crippen LogP contribution in [0.1, 0.15) is 43.5 Å². The zero-order valence-electron chi connectivity index (χ0n) is 14.5. The third kappa shape index (κ3) is 4.24. The van der Waals surface area contributed by atoms with Gasteiger partial charge in [-0.25, -0.2) is 4.98 Å². The van der Waals surface area contributed by atoms with E-state index in [1.807, 2.05) is 23.1 Å². The van der Waals surface area contributed by atoms with E-state index in [1.54, 1.807) is 11.3 Å². The van der Waals surface area contributed by atoms with Crippen molar-refractivity contribution < 1.29 is 4.79 Å². The minimum absolute atomic E-state index is 0.153. The minimum Gasteiger partial charge on any atom is -0.360 e. The smallest absolute Gasteiger partial charge is 0.253 e. The van der Waals surface area contributed by atoms with Gasteiger partial charge < -0.3 is 15.5 Å². The van der Waals surface area contributed by atoms with E-state index in [4.69, 9.17) is 0 Å². The van der Waals surface area contributed by atoms with Crippen LogP contribution in [-0.4, -0.2) is 48.0 Å². The summed E-state index contributed by atoms with van der Waals surface area (Å²) in [5.41, 5.74) is 1.73. The first-order chi connectivity index (χ1) is 11.6. The molecule has 0 bridgehead atoms. The molecule has 1 fully saturated rings. The fourth-order valence-corrected chi connectivity index (χ4v) is 3.87. The van der Waals surface area contributed by atoms with Crippen molar-refractivity contribution in [2.24, 2.45) is 0 Å². The van der Waals surface area contributed by atoms with Gasteiger partial charge in [-0.15, -0.1) is 0 Å². The Kier molecular flexibility index (Phi) is 5.68. The van der Waals surface area contributed by atoms with Crippen LogP contribution < -0.4 is 10.6 Å². The topological polar surface area (TPSA) is 57.3 Å². The van der Waals surface area contributed by atoms with Crippen LogP contribution in [0.3, 0.4) is 0 Å². The SMILES string of the molecule is CC(C)NCCNc1nc2ccc(C(=O)N3CCCCC3)cc2s1. The van der Waals surface area contributed by atoms with Gasteiger partial charge in [0.2, 0.25) is 0 Å². The van der Waals surface area contributed by atoms with Crippen molar-refractivity contribution >= 4 is 32.6 Å². The maximum Gasteiger partial charge on any atom is 0.253 e. The molecule has 1 amide bonds. The van der Waals surface area contributed by atoms with Crippen molar-refractivity contribution in [3.63, 3.8) is 0 Å². The molecule has 0 atom stereocenters. The van der Waals surface area contributed by atoms with Gasteiger partial charge in [-0.1, -0.05) is 25.2 Å². The summed E-state index contributed by atoms with van der Waals surface area (Å²) in [4.78, 5) is 19.2. The molecule has 130 valence electrons. The van der Waals surface area contributed by atoms with E-state index in [0.29, 0.717) is 6.04 Å². The Balaban J connectivity index is 1.66. The molecule has 6 heteroatoms. The van der Waals surface area contributed by atoms with Crippen LogP contribution in [0.4, 0.5) is 5.13 Å². The van der Waals surface area contributed by atoms with Crippen LogP contribution in [0, 0.1) is 0 Å². The molecule has 3 rings (SSSR count). The predicted octanol–water partition coefficient (Wildman–Crippen LogP) is 3.33. The summed E-state index contributed by atoms with van der Waals surface area (Å²) >= 11 is 1.61. The summed E-state index contributed by atoms with van der Waals surface area (Å²) in [5, 5.41) is 7.64. The number of fused-ring (bicyclic) bond motifs is 1. The molecule has 1 aromatic heterocycles. The van der Waals surface area contributed by atoms with Crippen LogP contribution in [0.5, 0.6) is 0 Å². The molecule has 0 unspecified atom stereocenters. The van der Waals surface area contributed by atoms with Crippen molar-refractivity contribution in [3.05, 3.63) is 23.8 Å². The molecule has 0 saturated carbocycles. The molecule has 5 nitrogen and oxygen atoms in total. The van der Waals surface area contributed by atoms with Gasteiger partial charge in [0.1, 0.15) is 0 Å². The maximum atomic E-state index is 12.6. The van der Waals surface area contributed by atoms with E-state index in [9.17, 15) is 4.79 Å². The van der Waals surface area contributed by atoms with Gasteiger partial charge in [-0.3, -0.25) is 4.79 Å². The molecule has 1 saturated heterocycles. The monoisotopic (exact) mass is 346 g/mol. The number of piperidine rings is 1. The number of carbonyl (C=O) groups is 1. The van der Waals surface area contributed by atoms with E-state index in [-0.39, 0.29) is 5.91 Å². The fraction of sp³-hybridized carbons (Fsp3) is 0.556. The lowest BCUT2D eigenvalue weighted by molar-refractivity contribution is 0.0724. The second kappa shape index (κ2) is 7.94. The average Bonchev–Trinajstić information content (AvgIpc) is 3.00. The molecular weight excluding hydrogens is 320 g/mol. The molecule has 0 radical (unpaired) electrons. The maximum absolute atomic E-state index is 12.6. The number of nitrogens with zero attached hydrogens (tertiary/aromatic N) is 2. The third-order valence-corrected chi connectivity index (χ3v) is 5.21. The Morgan fingerprint density at radius 3 is 2.79 bits per heavy atom. The predicted molar refractivity (Wildman–Crippen MR) is 101 cm³/mol. The second-order valence-corrected chi connectivity index (χ2v) is 7.62. The quantitative estimate of drug-likeness (QED) is 0.788. The summed E-state index contributed by atoms with van der Waals surface area (Å²) < 4.78 is 1.07. The molecule has 24 heavy (non-hydrogen) atoms. The zero-order valence-corrected chi connectivity index (χ0v) is 15.3. The molecule has 1 aliphatic rings. The van der Waals surface area contributed by atoms with Crippen molar-refractivity contribution in [1.82, 2.24) is 15.2 Å². The molecule has 1 aromatic carbocycles. The van der Waals surface area contributed by atoms with Crippen LogP contribution in [-0.2, 0) is 0 Å². The van der Waals surface area contributed by atoms with E-state index < -0.39 is 0 Å². The molecule has 2 N–H and O–H groups in total. The third-order valence-electron chi connectivity index (χ3n) is 4.23. The number of carbonyl (C=O) groups excluding carboxylic acids is 1. The Morgan fingerprint density at radius 2 is 2.04 bits per heavy atom. The van der Waals surface area contributed by atoms with Gasteiger partial charge in [-0.2, -0.15) is 0 Å². The van der Waals surface area contributed by atoms with Gasteiger partial charge in [0.05, 0.1) is 10.2 Å². The Bertz CT molecular complexity index is 691. The van der Waals surface area contributed by atoms with Crippen molar-refractivity contribution in [2.75, 3.05) is 31.5 Å². The highest BCUT2D eigenvalue weighted by atomic mass is 32.1. The highest BCUT2D eigenvalue weighted by molar-refractivity contribution is 7.22. The number of aromatic nitrogens is 1. The number of likely N-dealkylation sites (tertiary alicyclic amines) is 1. The summed E-state index contributed by atoms with van der Waals surface area (Å²) in [6.07, 6.45) is 3.47. The number of rotatable bonds is 6. The van der Waals surface area contributed by atoms with E-state index >= 15 is 0 Å². The molecule has 2 aromatic rings. The lowest BCUT2D eigenvalue weighted by Gasteiger charge is -2.26. The van der Waals surface area contributed by atoms with Crippen LogP contribution >= 0.6 is 11.3 Å². The van der Waals surface area contributed by atoms with Gasteiger partial charge in [0.15, 0.2) is 5.13 Å². The van der Waals surface area contributed by atoms with Crippen LogP contribution in [0.2, 0.25) is 0 Å². The first kappa shape index (κ1) is 17.2. The number of hydrogen-bond acceptors (Lipinski definition) is 5. The van der Waals surface area contributed by atoms with Gasteiger partial charge in [0.25, 0.3) is 5.91 Å². The fourth-order valence-electron chi connectivity index (χ4n) is 2.94. The lowest BCUT2D eigenvalue weighted by Crippen LogP contribution is -2.35. The minimum atomic E-state index is 0.153. The zero-order chi connectivity index (χ0) is 16.9. The number of anilines is 1. The Morgan fingerprint density at radius 1 is 1.25 bits per heavy atom. The van der Waals surface area contributed by atoms with Crippen LogP contribution in [0.15, 0.2) is 18.2 Å². The average molecular weight is 347 g/mol. The summed E-state index contributed by atoms with van der Waals surface area (Å²) in [7, 11) is 0. The first-order valence-corrected chi connectivity index (χ1v) is 9.62.